The molecule has 2 unspecified atom stereocenters. The van der Waals surface area contributed by atoms with Crippen LogP contribution in [0.1, 0.15) is 50.8 Å². The molecule has 2 atom stereocenters. The molecule has 1 aromatic heterocycles. The highest BCUT2D eigenvalue weighted by molar-refractivity contribution is 5.02. The van der Waals surface area contributed by atoms with Crippen molar-refractivity contribution < 1.29 is 8.78 Å². The molecule has 0 aromatic carbocycles. The lowest BCUT2D eigenvalue weighted by Gasteiger charge is -2.19. The number of rotatable bonds is 4. The van der Waals surface area contributed by atoms with Crippen molar-refractivity contribution in [3.8, 4) is 0 Å². The summed E-state index contributed by atoms with van der Waals surface area (Å²) < 4.78 is 27.1. The Labute approximate surface area is 106 Å². The third kappa shape index (κ3) is 2.85. The van der Waals surface area contributed by atoms with Crippen LogP contribution >= 0.6 is 0 Å². The Morgan fingerprint density at radius 2 is 1.94 bits per heavy atom. The van der Waals surface area contributed by atoms with E-state index < -0.39 is 12.5 Å². The lowest BCUT2D eigenvalue weighted by Crippen LogP contribution is -2.35. The number of aromatic nitrogens is 3. The average molecular weight is 258 g/mol. The second-order valence-corrected chi connectivity index (χ2v) is 4.95. The predicted octanol–water partition coefficient (Wildman–Crippen LogP) is 2.31. The van der Waals surface area contributed by atoms with Crippen LogP contribution in [0.4, 0.5) is 8.78 Å². The van der Waals surface area contributed by atoms with Gasteiger partial charge in [-0.2, -0.15) is 0 Å². The third-order valence-corrected chi connectivity index (χ3v) is 3.42. The molecule has 102 valence electrons. The summed E-state index contributed by atoms with van der Waals surface area (Å²) in [6, 6.07) is -1.04. The van der Waals surface area contributed by atoms with E-state index in [-0.39, 0.29) is 6.04 Å². The van der Waals surface area contributed by atoms with Crippen molar-refractivity contribution >= 4 is 0 Å². The van der Waals surface area contributed by atoms with E-state index in [4.69, 9.17) is 0 Å². The average Bonchev–Trinajstić information content (AvgIpc) is 2.58. The number of hydrogen-bond donors (Lipinski definition) is 1. The van der Waals surface area contributed by atoms with Crippen molar-refractivity contribution in [3.63, 3.8) is 0 Å². The molecule has 1 aromatic rings. The molecule has 4 nitrogen and oxygen atoms in total. The van der Waals surface area contributed by atoms with E-state index in [2.05, 4.69) is 20.1 Å². The van der Waals surface area contributed by atoms with E-state index in [9.17, 15) is 8.78 Å². The first-order chi connectivity index (χ1) is 8.59. The van der Waals surface area contributed by atoms with Crippen LogP contribution in [-0.2, 0) is 13.0 Å². The summed E-state index contributed by atoms with van der Waals surface area (Å²) in [6.45, 7) is 4.24. The van der Waals surface area contributed by atoms with E-state index in [1.165, 1.54) is 13.3 Å². The van der Waals surface area contributed by atoms with Crippen molar-refractivity contribution in [2.24, 2.45) is 0 Å². The lowest BCUT2D eigenvalue weighted by molar-refractivity contribution is 0.100. The van der Waals surface area contributed by atoms with Crippen molar-refractivity contribution in [2.45, 2.75) is 64.6 Å². The summed E-state index contributed by atoms with van der Waals surface area (Å²) in [5.74, 6) is 1.76. The monoisotopic (exact) mass is 258 g/mol. The molecule has 18 heavy (non-hydrogen) atoms. The predicted molar refractivity (Wildman–Crippen MR) is 64.6 cm³/mol. The first kappa shape index (κ1) is 13.4. The summed E-state index contributed by atoms with van der Waals surface area (Å²) in [5.41, 5.74) is 0. The normalized spacial score (nSPS) is 19.4. The van der Waals surface area contributed by atoms with Gasteiger partial charge in [-0.25, -0.2) is 8.78 Å². The Morgan fingerprint density at radius 1 is 1.17 bits per heavy atom. The van der Waals surface area contributed by atoms with Crippen LogP contribution in [0.25, 0.3) is 0 Å². The number of nitrogens with one attached hydrogen (secondary N) is 1. The molecule has 6 heteroatoms. The fraction of sp³-hybridized carbons (Fsp3) is 0.833. The number of halogens is 2. The molecule has 0 radical (unpaired) electrons. The van der Waals surface area contributed by atoms with Gasteiger partial charge in [-0.3, -0.25) is 5.32 Å². The fourth-order valence-corrected chi connectivity index (χ4v) is 2.37. The number of fused-ring (bicyclic) bond motifs is 1. The van der Waals surface area contributed by atoms with Crippen molar-refractivity contribution in [3.05, 3.63) is 11.6 Å². The highest BCUT2D eigenvalue weighted by Crippen LogP contribution is 2.19. The van der Waals surface area contributed by atoms with Gasteiger partial charge < -0.3 is 4.57 Å². The van der Waals surface area contributed by atoms with Gasteiger partial charge in [0.15, 0.2) is 0 Å². The van der Waals surface area contributed by atoms with Crippen LogP contribution in [-0.4, -0.2) is 27.2 Å². The summed E-state index contributed by atoms with van der Waals surface area (Å²) in [4.78, 5) is 0. The first-order valence-corrected chi connectivity index (χ1v) is 6.55. The zero-order chi connectivity index (χ0) is 13.1. The molecule has 0 amide bonds. The van der Waals surface area contributed by atoms with Crippen LogP contribution in [0.15, 0.2) is 0 Å². The molecule has 0 aliphatic carbocycles. The number of nitrogens with zero attached hydrogens (tertiary/aromatic N) is 3. The first-order valence-electron chi connectivity index (χ1n) is 6.55. The molecular weight excluding hydrogens is 238 g/mol. The van der Waals surface area contributed by atoms with E-state index in [1.54, 1.807) is 0 Å². The highest BCUT2D eigenvalue weighted by atomic mass is 19.3. The molecule has 0 fully saturated rings. The molecule has 0 bridgehead atoms. The SMILES string of the molecule is CC(NC(C)C(F)F)c1nnc2n1CCCCC2. The largest absolute Gasteiger partial charge is 0.314 e. The molecule has 2 heterocycles. The van der Waals surface area contributed by atoms with Crippen LogP contribution in [0, 0.1) is 0 Å². The Balaban J connectivity index is 2.11. The Morgan fingerprint density at radius 3 is 2.67 bits per heavy atom. The van der Waals surface area contributed by atoms with E-state index in [1.807, 2.05) is 6.92 Å². The van der Waals surface area contributed by atoms with E-state index in [0.717, 1.165) is 37.5 Å². The summed E-state index contributed by atoms with van der Waals surface area (Å²) in [7, 11) is 0. The quantitative estimate of drug-likeness (QED) is 0.901. The van der Waals surface area contributed by atoms with Gasteiger partial charge in [0.1, 0.15) is 11.6 Å². The van der Waals surface area contributed by atoms with Crippen LogP contribution in [0.3, 0.4) is 0 Å². The van der Waals surface area contributed by atoms with Crippen LogP contribution in [0.5, 0.6) is 0 Å². The van der Waals surface area contributed by atoms with Gasteiger partial charge in [-0.1, -0.05) is 6.42 Å². The molecule has 1 N–H and O–H groups in total. The molecule has 0 spiro atoms. The van der Waals surface area contributed by atoms with E-state index >= 15 is 0 Å². The Bertz CT molecular complexity index is 391. The zero-order valence-electron chi connectivity index (χ0n) is 10.9. The maximum absolute atomic E-state index is 12.5. The maximum Gasteiger partial charge on any atom is 0.253 e. The zero-order valence-corrected chi connectivity index (χ0v) is 10.9. The summed E-state index contributed by atoms with van der Waals surface area (Å²) in [5, 5.41) is 11.2. The van der Waals surface area contributed by atoms with Gasteiger partial charge >= 0.3 is 0 Å². The Hall–Kier alpha value is -1.04. The minimum absolute atomic E-state index is 0.201. The number of hydrogen-bond acceptors (Lipinski definition) is 3. The second kappa shape index (κ2) is 5.73. The molecular formula is C12H20F2N4. The molecule has 1 aliphatic heterocycles. The second-order valence-electron chi connectivity index (χ2n) is 4.95. The van der Waals surface area contributed by atoms with Crippen molar-refractivity contribution in [1.82, 2.24) is 20.1 Å². The molecule has 0 saturated heterocycles. The van der Waals surface area contributed by atoms with Crippen molar-refractivity contribution in [2.75, 3.05) is 0 Å². The van der Waals surface area contributed by atoms with Crippen LogP contribution in [0.2, 0.25) is 0 Å². The van der Waals surface area contributed by atoms with E-state index in [0.29, 0.717) is 0 Å². The minimum atomic E-state index is -2.36. The fourth-order valence-electron chi connectivity index (χ4n) is 2.37. The maximum atomic E-state index is 12.5. The van der Waals surface area contributed by atoms with Gasteiger partial charge in [0.05, 0.1) is 12.1 Å². The lowest BCUT2D eigenvalue weighted by atomic mass is 10.2. The third-order valence-electron chi connectivity index (χ3n) is 3.42. The van der Waals surface area contributed by atoms with Gasteiger partial charge in [0, 0.05) is 13.0 Å². The standard InChI is InChI=1S/C12H20F2N4/c1-8(11(13)14)15-9(2)12-17-16-10-6-4-3-5-7-18(10)12/h8-9,11,15H,3-7H2,1-2H3. The van der Waals surface area contributed by atoms with Gasteiger partial charge in [-0.15, -0.1) is 10.2 Å². The minimum Gasteiger partial charge on any atom is -0.314 e. The van der Waals surface area contributed by atoms with Gasteiger partial charge in [0.2, 0.25) is 0 Å². The topological polar surface area (TPSA) is 42.7 Å². The van der Waals surface area contributed by atoms with Crippen LogP contribution < -0.4 is 5.32 Å². The molecule has 0 saturated carbocycles. The number of aryl methyl sites for hydroxylation is 1. The van der Waals surface area contributed by atoms with Gasteiger partial charge in [-0.05, 0) is 26.7 Å². The molecule has 1 aliphatic rings. The highest BCUT2D eigenvalue weighted by Gasteiger charge is 2.23. The van der Waals surface area contributed by atoms with Gasteiger partial charge in [0.25, 0.3) is 6.43 Å². The smallest absolute Gasteiger partial charge is 0.253 e. The summed E-state index contributed by atoms with van der Waals surface area (Å²) in [6.07, 6.45) is 2.00. The molecule has 2 rings (SSSR count). The van der Waals surface area contributed by atoms with Crippen molar-refractivity contribution in [1.29, 1.82) is 0 Å². The number of alkyl halides is 2. The summed E-state index contributed by atoms with van der Waals surface area (Å²) >= 11 is 0. The Kier molecular flexibility index (Phi) is 4.27.